The first-order chi connectivity index (χ1) is 7.17. The SMILES string of the molecule is COc1ccc(NCC(C)C)cc1CO. The van der Waals surface area contributed by atoms with E-state index in [1.165, 1.54) is 0 Å². The van der Waals surface area contributed by atoms with Crippen molar-refractivity contribution in [3.63, 3.8) is 0 Å². The van der Waals surface area contributed by atoms with Crippen molar-refractivity contribution in [3.05, 3.63) is 23.8 Å². The Bertz CT molecular complexity index is 310. The maximum atomic E-state index is 9.14. The molecule has 0 saturated carbocycles. The van der Waals surface area contributed by atoms with E-state index in [0.29, 0.717) is 5.92 Å². The number of benzene rings is 1. The first-order valence-electron chi connectivity index (χ1n) is 5.19. The van der Waals surface area contributed by atoms with Crippen molar-refractivity contribution in [2.45, 2.75) is 20.5 Å². The molecule has 0 fully saturated rings. The maximum Gasteiger partial charge on any atom is 0.124 e. The summed E-state index contributed by atoms with van der Waals surface area (Å²) >= 11 is 0. The van der Waals surface area contributed by atoms with Crippen molar-refractivity contribution in [2.75, 3.05) is 19.0 Å². The molecular formula is C12H19NO2. The number of hydrogen-bond acceptors (Lipinski definition) is 3. The normalized spacial score (nSPS) is 10.5. The molecule has 15 heavy (non-hydrogen) atoms. The van der Waals surface area contributed by atoms with Crippen LogP contribution in [-0.2, 0) is 6.61 Å². The number of aliphatic hydroxyl groups is 1. The van der Waals surface area contributed by atoms with Crippen LogP contribution in [0.5, 0.6) is 5.75 Å². The van der Waals surface area contributed by atoms with Crippen LogP contribution >= 0.6 is 0 Å². The molecule has 0 aliphatic carbocycles. The monoisotopic (exact) mass is 209 g/mol. The van der Waals surface area contributed by atoms with Gasteiger partial charge in [0.05, 0.1) is 13.7 Å². The summed E-state index contributed by atoms with van der Waals surface area (Å²) in [6, 6.07) is 5.75. The van der Waals surface area contributed by atoms with E-state index in [-0.39, 0.29) is 6.61 Å². The molecule has 1 rings (SSSR count). The number of hydrogen-bond donors (Lipinski definition) is 2. The quantitative estimate of drug-likeness (QED) is 0.781. The van der Waals surface area contributed by atoms with E-state index in [0.717, 1.165) is 23.5 Å². The van der Waals surface area contributed by atoms with Crippen molar-refractivity contribution >= 4 is 5.69 Å². The third-order valence-corrected chi connectivity index (χ3v) is 2.17. The number of ether oxygens (including phenoxy) is 1. The molecule has 0 atom stereocenters. The molecule has 0 aliphatic heterocycles. The zero-order valence-electron chi connectivity index (χ0n) is 9.58. The molecule has 3 heteroatoms. The maximum absolute atomic E-state index is 9.14. The van der Waals surface area contributed by atoms with E-state index < -0.39 is 0 Å². The molecular weight excluding hydrogens is 190 g/mol. The Morgan fingerprint density at radius 3 is 2.67 bits per heavy atom. The highest BCUT2D eigenvalue weighted by molar-refractivity contribution is 5.51. The molecule has 0 bridgehead atoms. The summed E-state index contributed by atoms with van der Waals surface area (Å²) in [7, 11) is 1.61. The molecule has 0 heterocycles. The predicted molar refractivity (Wildman–Crippen MR) is 62.2 cm³/mol. The zero-order chi connectivity index (χ0) is 11.3. The van der Waals surface area contributed by atoms with E-state index in [9.17, 15) is 0 Å². The summed E-state index contributed by atoms with van der Waals surface area (Å²) in [5, 5.41) is 12.4. The zero-order valence-corrected chi connectivity index (χ0v) is 9.58. The number of aliphatic hydroxyl groups excluding tert-OH is 1. The second-order valence-electron chi connectivity index (χ2n) is 3.96. The second-order valence-corrected chi connectivity index (χ2v) is 3.96. The van der Waals surface area contributed by atoms with Gasteiger partial charge in [-0.1, -0.05) is 13.8 Å². The van der Waals surface area contributed by atoms with Crippen LogP contribution in [0, 0.1) is 5.92 Å². The highest BCUT2D eigenvalue weighted by Gasteiger charge is 2.03. The molecule has 0 aromatic heterocycles. The van der Waals surface area contributed by atoms with Crippen molar-refractivity contribution < 1.29 is 9.84 Å². The fourth-order valence-corrected chi connectivity index (χ4v) is 1.33. The van der Waals surface area contributed by atoms with Gasteiger partial charge >= 0.3 is 0 Å². The van der Waals surface area contributed by atoms with Crippen molar-refractivity contribution in [1.82, 2.24) is 0 Å². The van der Waals surface area contributed by atoms with Crippen LogP contribution in [0.4, 0.5) is 5.69 Å². The fraction of sp³-hybridized carbons (Fsp3) is 0.500. The Hall–Kier alpha value is -1.22. The Kier molecular flexibility index (Phi) is 4.43. The molecule has 0 unspecified atom stereocenters. The van der Waals surface area contributed by atoms with E-state index >= 15 is 0 Å². The van der Waals surface area contributed by atoms with Gasteiger partial charge in [-0.25, -0.2) is 0 Å². The van der Waals surface area contributed by atoms with E-state index in [4.69, 9.17) is 9.84 Å². The van der Waals surface area contributed by atoms with E-state index in [1.54, 1.807) is 7.11 Å². The number of rotatable bonds is 5. The van der Waals surface area contributed by atoms with Crippen LogP contribution in [0.1, 0.15) is 19.4 Å². The highest BCUT2D eigenvalue weighted by Crippen LogP contribution is 2.22. The van der Waals surface area contributed by atoms with Crippen molar-refractivity contribution in [2.24, 2.45) is 5.92 Å². The van der Waals surface area contributed by atoms with Crippen molar-refractivity contribution in [1.29, 1.82) is 0 Å². The Morgan fingerprint density at radius 1 is 1.40 bits per heavy atom. The van der Waals surface area contributed by atoms with Gasteiger partial charge in [0.2, 0.25) is 0 Å². The average molecular weight is 209 g/mol. The molecule has 0 radical (unpaired) electrons. The van der Waals surface area contributed by atoms with Gasteiger partial charge in [-0.3, -0.25) is 0 Å². The summed E-state index contributed by atoms with van der Waals surface area (Å²) in [6.45, 7) is 5.24. The Labute approximate surface area is 91.1 Å². The number of nitrogens with one attached hydrogen (secondary N) is 1. The van der Waals surface area contributed by atoms with E-state index in [1.807, 2.05) is 18.2 Å². The predicted octanol–water partition coefficient (Wildman–Crippen LogP) is 2.26. The van der Waals surface area contributed by atoms with Gasteiger partial charge in [0.25, 0.3) is 0 Å². The lowest BCUT2D eigenvalue weighted by atomic mass is 10.1. The lowest BCUT2D eigenvalue weighted by molar-refractivity contribution is 0.274. The van der Waals surface area contributed by atoms with Gasteiger partial charge in [-0.05, 0) is 24.1 Å². The first-order valence-corrected chi connectivity index (χ1v) is 5.19. The number of anilines is 1. The van der Waals surface area contributed by atoms with Gasteiger partial charge in [-0.2, -0.15) is 0 Å². The molecule has 84 valence electrons. The van der Waals surface area contributed by atoms with Crippen LogP contribution in [0.2, 0.25) is 0 Å². The van der Waals surface area contributed by atoms with Gasteiger partial charge in [-0.15, -0.1) is 0 Å². The first kappa shape index (κ1) is 11.9. The summed E-state index contributed by atoms with van der Waals surface area (Å²) in [6.07, 6.45) is 0. The van der Waals surface area contributed by atoms with Crippen LogP contribution in [0.3, 0.4) is 0 Å². The fourth-order valence-electron chi connectivity index (χ4n) is 1.33. The highest BCUT2D eigenvalue weighted by atomic mass is 16.5. The van der Waals surface area contributed by atoms with Crippen molar-refractivity contribution in [3.8, 4) is 5.75 Å². The van der Waals surface area contributed by atoms with Crippen LogP contribution in [-0.4, -0.2) is 18.8 Å². The van der Waals surface area contributed by atoms with Gasteiger partial charge < -0.3 is 15.2 Å². The Balaban J connectivity index is 2.74. The van der Waals surface area contributed by atoms with Crippen LogP contribution < -0.4 is 10.1 Å². The summed E-state index contributed by atoms with van der Waals surface area (Å²) < 4.78 is 5.13. The second kappa shape index (κ2) is 5.61. The third-order valence-electron chi connectivity index (χ3n) is 2.17. The summed E-state index contributed by atoms with van der Waals surface area (Å²) in [5.74, 6) is 1.33. The topological polar surface area (TPSA) is 41.5 Å². The van der Waals surface area contributed by atoms with Gasteiger partial charge in [0, 0.05) is 17.8 Å². The summed E-state index contributed by atoms with van der Waals surface area (Å²) in [5.41, 5.74) is 1.83. The molecule has 2 N–H and O–H groups in total. The molecule has 3 nitrogen and oxygen atoms in total. The Morgan fingerprint density at radius 2 is 2.13 bits per heavy atom. The molecule has 0 amide bonds. The minimum absolute atomic E-state index is 0.000369. The lowest BCUT2D eigenvalue weighted by Crippen LogP contribution is -2.08. The molecule has 0 saturated heterocycles. The summed E-state index contributed by atoms with van der Waals surface area (Å²) in [4.78, 5) is 0. The molecule has 1 aromatic rings. The standard InChI is InChI=1S/C12H19NO2/c1-9(2)7-13-11-4-5-12(15-3)10(6-11)8-14/h4-6,9,13-14H,7-8H2,1-3H3. The third kappa shape index (κ3) is 3.44. The largest absolute Gasteiger partial charge is 0.496 e. The minimum Gasteiger partial charge on any atom is -0.496 e. The van der Waals surface area contributed by atoms with Gasteiger partial charge in [0.15, 0.2) is 0 Å². The van der Waals surface area contributed by atoms with Crippen LogP contribution in [0.25, 0.3) is 0 Å². The average Bonchev–Trinajstić information content (AvgIpc) is 2.25. The van der Waals surface area contributed by atoms with Crippen LogP contribution in [0.15, 0.2) is 18.2 Å². The molecule has 0 spiro atoms. The molecule has 0 aliphatic rings. The van der Waals surface area contributed by atoms with Gasteiger partial charge in [0.1, 0.15) is 5.75 Å². The van der Waals surface area contributed by atoms with E-state index in [2.05, 4.69) is 19.2 Å². The lowest BCUT2D eigenvalue weighted by Gasteiger charge is -2.12. The smallest absolute Gasteiger partial charge is 0.124 e. The minimum atomic E-state index is 0.000369. The number of methoxy groups -OCH3 is 1. The molecule has 1 aromatic carbocycles.